The summed E-state index contributed by atoms with van der Waals surface area (Å²) >= 11 is 0. The molecule has 0 fully saturated rings. The number of amidine groups is 3. The van der Waals surface area contributed by atoms with Gasteiger partial charge in [-0.25, -0.2) is 19.2 Å². The standard InChI is InChI=1S/2C23H41N3O6.C20H37N3O5.C12H24N4O2.C10H15N6O.C3H4O2/c2*1-9-12-17(27)16(25-19(28)10-2)13-11-14-24-18(15-20(29)31-22(3,4)5)26-21(30)32-23(6,7)8;1-8-10-15(24)14(21)11-9-12-22-16(13-17(25)27-19(2,3)4)23-18(26)28-20(5,6)7;1-3-6-10(17)9(16-11(18)4-2)7-5-8-15-12(13)14;1-13(2)10(14(3)4)15-8-6-5-7-11-9(8)16(17)12-15;1-2-3(4)5/h2*16H,9-15H2,1-8H3,(H,25,28)(H,24,26,30);14H,8-13,21H2,1-7H3,(H,22,23,26);9H,3-8H2,1-2H3,(H,16,18)(H4,13,14,15);5-7H,1-4H3;1-2H2/q;;;;+1;/p+1/t2*16-;14-;9-;;/m0000../s1. The van der Waals surface area contributed by atoms with Crippen molar-refractivity contribution in [3.63, 3.8) is 0 Å². The van der Waals surface area contributed by atoms with Gasteiger partial charge in [0.05, 0.1) is 59.3 Å². The van der Waals surface area contributed by atoms with Gasteiger partial charge in [0, 0.05) is 76.3 Å². The highest BCUT2D eigenvalue weighted by molar-refractivity contribution is 6.06. The lowest BCUT2D eigenvalue weighted by molar-refractivity contribution is -0.647. The van der Waals surface area contributed by atoms with Crippen LogP contribution in [0.2, 0.25) is 0 Å². The van der Waals surface area contributed by atoms with Crippen molar-refractivity contribution in [3.05, 3.63) is 30.5 Å². The summed E-state index contributed by atoms with van der Waals surface area (Å²) in [5, 5.41) is 39.0. The van der Waals surface area contributed by atoms with E-state index in [0.29, 0.717) is 138 Å². The number of fused-ring (bicyclic) bond motifs is 1. The molecule has 0 unspecified atom stereocenters. The Kier molecular flexibility index (Phi) is 63.6. The molecule has 6 amide bonds. The maximum atomic E-state index is 12.3. The molecule has 0 radical (unpaired) electrons. The molecule has 752 valence electrons. The Balaban J connectivity index is -0.000000779. The normalized spacial score (nSPS) is 12.5. The third kappa shape index (κ3) is 69.6. The zero-order valence-corrected chi connectivity index (χ0v) is 84.6. The Morgan fingerprint density at radius 3 is 1.02 bits per heavy atom. The highest BCUT2D eigenvalue weighted by Crippen LogP contribution is 2.17. The van der Waals surface area contributed by atoms with E-state index < -0.39 is 99.9 Å². The van der Waals surface area contributed by atoms with Gasteiger partial charge >= 0.3 is 53.8 Å². The van der Waals surface area contributed by atoms with Gasteiger partial charge in [0.2, 0.25) is 23.2 Å². The van der Waals surface area contributed by atoms with Gasteiger partial charge in [0.15, 0.2) is 29.7 Å². The van der Waals surface area contributed by atoms with E-state index >= 15 is 0 Å². The van der Waals surface area contributed by atoms with Crippen LogP contribution in [-0.2, 0) is 81.2 Å². The van der Waals surface area contributed by atoms with Crippen molar-refractivity contribution in [3.8, 4) is 0 Å². The zero-order chi connectivity index (χ0) is 103. The number of pyridine rings is 1. The van der Waals surface area contributed by atoms with Crippen LogP contribution in [0.3, 0.4) is 0 Å². The number of carboxylic acids is 1. The molecule has 41 heteroatoms. The topological polar surface area (TPSA) is 578 Å². The largest absolute Gasteiger partial charge is 0.721 e. The predicted molar refractivity (Wildman–Crippen MR) is 509 cm³/mol. The number of aliphatic imine (C=N–C) groups is 4. The molecule has 0 aliphatic heterocycles. The number of carbonyl (C=O) groups excluding carboxylic acids is 13. The van der Waals surface area contributed by atoms with E-state index in [1.807, 2.05) is 71.4 Å². The minimum absolute atomic E-state index is 0.0147. The minimum atomic E-state index is -0.856. The molecule has 4 atom stereocenters. The Hall–Kier alpha value is -11.3. The van der Waals surface area contributed by atoms with Crippen molar-refractivity contribution < 1.29 is 110 Å². The van der Waals surface area contributed by atoms with Gasteiger partial charge in [-0.15, -0.1) is 9.83 Å². The summed E-state index contributed by atoms with van der Waals surface area (Å²) in [6.07, 6.45) is 8.56. The highest BCUT2D eigenvalue weighted by Gasteiger charge is 2.30. The smallest absolute Gasteiger partial charge is 0.413 e. The maximum Gasteiger partial charge on any atom is 0.413 e. The summed E-state index contributed by atoms with van der Waals surface area (Å²) in [5.41, 5.74) is 13.2. The molecule has 0 aliphatic carbocycles. The van der Waals surface area contributed by atoms with Crippen LogP contribution in [0, 0.1) is 12.1 Å². The van der Waals surface area contributed by atoms with E-state index in [0.717, 1.165) is 18.8 Å². The fourth-order valence-corrected chi connectivity index (χ4v) is 10.8. The number of hydrogen-bond donors (Lipinski definition) is 10. The highest BCUT2D eigenvalue weighted by atomic mass is 16.6. The van der Waals surface area contributed by atoms with E-state index in [9.17, 15) is 72.3 Å². The van der Waals surface area contributed by atoms with Gasteiger partial charge in [0.1, 0.15) is 82.4 Å². The van der Waals surface area contributed by atoms with Crippen molar-refractivity contribution in [1.29, 1.82) is 0 Å². The average Bonchev–Trinajstić information content (AvgIpc) is 1.64. The molecule has 0 saturated heterocycles. The second-order valence-electron chi connectivity index (χ2n) is 36.7. The van der Waals surface area contributed by atoms with E-state index in [-0.39, 0.29) is 103 Å². The summed E-state index contributed by atoms with van der Waals surface area (Å²) in [6, 6.07) is 1.55. The number of nitrogens with two attached hydrogens (primary N) is 3. The summed E-state index contributed by atoms with van der Waals surface area (Å²) in [7, 11) is 7.59. The van der Waals surface area contributed by atoms with Crippen molar-refractivity contribution in [2.24, 2.45) is 37.2 Å². The van der Waals surface area contributed by atoms with Crippen LogP contribution < -0.4 is 53.9 Å². The summed E-state index contributed by atoms with van der Waals surface area (Å²) in [4.78, 5) is 188. The van der Waals surface area contributed by atoms with E-state index in [1.54, 1.807) is 162 Å². The SMILES string of the molecule is CCCC(=O)[C@@H](N)CCCN=C(CC(=O)OC(C)(C)C)NC(=O)OC(C)(C)C.CCCC(=O)[C@H](CCCN=C(CC(=O)OC(C)(C)C)NC(=O)OC(C)(C)C)NC(=O)CC.CCCC(=O)[C@H](CCCN=C(CC(=O)OC(C)(C)C)NC(=O)OC(C)(C)C)NC(=O)CC.CCCC(=O)[C@H](CCCN=C(N)N)NC(=O)CC.CN(C)C(n1n[n+]([O-])c2ncccc21)=[N+](C)C.[CH2+]CC(=O)O. The first-order valence-corrected chi connectivity index (χ1v) is 45.1. The van der Waals surface area contributed by atoms with Crippen LogP contribution >= 0.6 is 0 Å². The quantitative estimate of drug-likeness (QED) is 0.00432. The number of amides is 6. The van der Waals surface area contributed by atoms with Crippen LogP contribution in [0.5, 0.6) is 0 Å². The molecule has 0 saturated carbocycles. The summed E-state index contributed by atoms with van der Waals surface area (Å²) in [6.45, 7) is 48.7. The molecule has 2 rings (SSSR count). The van der Waals surface area contributed by atoms with Gasteiger partial charge in [-0.2, -0.15) is 0 Å². The molecular weight excluding hydrogens is 1710 g/mol. The van der Waals surface area contributed by atoms with Gasteiger partial charge in [-0.05, 0) is 214 Å². The number of aromatic nitrogens is 4. The first-order valence-electron chi connectivity index (χ1n) is 45.1. The second kappa shape index (κ2) is 66.1. The maximum absolute atomic E-state index is 12.3. The van der Waals surface area contributed by atoms with Crippen LogP contribution in [0.15, 0.2) is 38.3 Å². The number of carboxylic acid groups (broad SMARTS) is 1. The number of aliphatic carboxylic acids is 1. The van der Waals surface area contributed by atoms with Gasteiger partial charge in [-0.1, -0.05) is 53.1 Å². The number of Topliss-reactive ketones (excluding diaryl/α,β-unsaturated/α-hetero) is 4. The zero-order valence-electron chi connectivity index (χ0n) is 84.6. The number of nitrogens with one attached hydrogen (secondary N) is 6. The summed E-state index contributed by atoms with van der Waals surface area (Å²) in [5.74, 6) is -1.55. The van der Waals surface area contributed by atoms with Crippen LogP contribution in [0.4, 0.5) is 14.4 Å². The molecule has 0 bridgehead atoms. The Morgan fingerprint density at radius 2 is 0.765 bits per heavy atom. The lowest BCUT2D eigenvalue weighted by Gasteiger charge is -2.22. The average molecular weight is 1880 g/mol. The van der Waals surface area contributed by atoms with Crippen molar-refractivity contribution in [1.82, 2.24) is 51.7 Å². The number of nitrogens with zero attached hydrogens (tertiary/aromatic N) is 10. The molecule has 2 aromatic heterocycles. The van der Waals surface area contributed by atoms with E-state index in [2.05, 4.69) is 69.0 Å². The van der Waals surface area contributed by atoms with E-state index in [4.69, 9.17) is 50.7 Å². The molecule has 2 heterocycles. The van der Waals surface area contributed by atoms with Crippen molar-refractivity contribution in [2.75, 3.05) is 54.4 Å². The van der Waals surface area contributed by atoms with Gasteiger partial charge in [0.25, 0.3) is 0 Å². The fraction of sp³-hybridized carbons (Fsp3) is 0.725. The minimum Gasteiger partial charge on any atom is -0.721 e. The molecule has 132 heavy (non-hydrogen) atoms. The number of guanidine groups is 1. The number of ketones is 4. The van der Waals surface area contributed by atoms with Crippen molar-refractivity contribution in [2.45, 2.75) is 379 Å². The molecule has 0 aromatic carbocycles. The summed E-state index contributed by atoms with van der Waals surface area (Å²) < 4.78 is 35.0. The monoisotopic (exact) mass is 1870 g/mol. The number of rotatable bonds is 41. The third-order valence-electron chi connectivity index (χ3n) is 16.0. The number of hydrogen-bond acceptors (Lipinski definition) is 28. The first kappa shape index (κ1) is 127. The number of esters is 3. The number of alkyl carbamates (subject to hydrolysis) is 3. The van der Waals surface area contributed by atoms with Gasteiger partial charge < -0.3 is 71.9 Å². The van der Waals surface area contributed by atoms with Gasteiger partial charge in [-0.3, -0.25) is 93.3 Å². The first-order chi connectivity index (χ1) is 60.9. The number of ether oxygens (including phenoxy) is 6. The predicted octanol–water partition coefficient (Wildman–Crippen LogP) is 10.2. The lowest BCUT2D eigenvalue weighted by Crippen LogP contribution is -2.40. The molecule has 0 spiro atoms. The van der Waals surface area contributed by atoms with Crippen LogP contribution in [0.25, 0.3) is 11.2 Å². The Bertz CT molecular complexity index is 3860. The van der Waals surface area contributed by atoms with E-state index in [1.165, 1.54) is 0 Å². The Labute approximate surface area is 782 Å². The fourth-order valence-electron chi connectivity index (χ4n) is 10.8. The third-order valence-corrected chi connectivity index (χ3v) is 16.0. The van der Waals surface area contributed by atoms with Crippen LogP contribution in [-0.4, -0.2) is 254 Å². The molecule has 41 nitrogen and oxygen atoms in total. The molecular formula is C91H163N19O22+2. The number of carbonyl (C=O) groups is 14. The lowest BCUT2D eigenvalue weighted by atomic mass is 10.0. The molecule has 2 aromatic rings. The Morgan fingerprint density at radius 1 is 0.485 bits per heavy atom. The van der Waals surface area contributed by atoms with Crippen LogP contribution in [0.1, 0.15) is 321 Å². The van der Waals surface area contributed by atoms with Crippen molar-refractivity contribution >= 4 is 124 Å². The second-order valence-corrected chi connectivity index (χ2v) is 36.7. The molecule has 0 aliphatic rings. The molecule has 13 N–H and O–H groups in total.